The number of hydrogen-bond donors (Lipinski definition) is 0. The zero-order chi connectivity index (χ0) is 7.40. The third kappa shape index (κ3) is 1.43. The monoisotopic (exact) mass is 135 g/mol. The standard InChI is InChI=1S/C5H5N5/c1-4-2-7-3-5(8-4)9-10-6/h2-3H,1H3. The summed E-state index contributed by atoms with van der Waals surface area (Å²) >= 11 is 0. The van der Waals surface area contributed by atoms with Crippen LogP contribution in [0.25, 0.3) is 10.4 Å². The number of aromatic nitrogens is 2. The van der Waals surface area contributed by atoms with Gasteiger partial charge in [-0.15, -0.1) is 0 Å². The predicted molar refractivity (Wildman–Crippen MR) is 35.6 cm³/mol. The van der Waals surface area contributed by atoms with Gasteiger partial charge in [-0.2, -0.15) is 0 Å². The lowest BCUT2D eigenvalue weighted by Gasteiger charge is -1.89. The smallest absolute Gasteiger partial charge is 0.145 e. The van der Waals surface area contributed by atoms with Gasteiger partial charge in [0.15, 0.2) is 0 Å². The van der Waals surface area contributed by atoms with Crippen molar-refractivity contribution in [1.29, 1.82) is 0 Å². The summed E-state index contributed by atoms with van der Waals surface area (Å²) in [6.45, 7) is 1.78. The minimum atomic E-state index is 0.308. The van der Waals surface area contributed by atoms with Crippen LogP contribution in [-0.2, 0) is 0 Å². The lowest BCUT2D eigenvalue weighted by Crippen LogP contribution is -1.80. The summed E-state index contributed by atoms with van der Waals surface area (Å²) in [5, 5.41) is 3.27. The fourth-order valence-electron chi connectivity index (χ4n) is 0.544. The van der Waals surface area contributed by atoms with Crippen LogP contribution in [0.4, 0.5) is 5.82 Å². The van der Waals surface area contributed by atoms with Crippen molar-refractivity contribution in [1.82, 2.24) is 9.97 Å². The van der Waals surface area contributed by atoms with Crippen LogP contribution < -0.4 is 0 Å². The van der Waals surface area contributed by atoms with E-state index in [-0.39, 0.29) is 0 Å². The van der Waals surface area contributed by atoms with E-state index in [0.717, 1.165) is 5.69 Å². The second-order valence-electron chi connectivity index (χ2n) is 1.71. The SMILES string of the molecule is Cc1cncc(N=[N+]=[N-])n1. The molecule has 0 fully saturated rings. The Morgan fingerprint density at radius 2 is 2.40 bits per heavy atom. The first-order valence-electron chi connectivity index (χ1n) is 2.66. The average molecular weight is 135 g/mol. The van der Waals surface area contributed by atoms with E-state index in [4.69, 9.17) is 5.53 Å². The van der Waals surface area contributed by atoms with Gasteiger partial charge in [0.25, 0.3) is 0 Å². The molecule has 0 N–H and O–H groups in total. The van der Waals surface area contributed by atoms with Gasteiger partial charge < -0.3 is 0 Å². The van der Waals surface area contributed by atoms with Gasteiger partial charge in [0, 0.05) is 11.1 Å². The van der Waals surface area contributed by atoms with Gasteiger partial charge in [0.1, 0.15) is 5.82 Å². The van der Waals surface area contributed by atoms with Crippen LogP contribution in [0.1, 0.15) is 5.69 Å². The number of hydrogen-bond acceptors (Lipinski definition) is 3. The molecule has 0 spiro atoms. The summed E-state index contributed by atoms with van der Waals surface area (Å²) in [6.07, 6.45) is 3.00. The average Bonchev–Trinajstić information content (AvgIpc) is 1.88. The molecule has 0 atom stereocenters. The van der Waals surface area contributed by atoms with E-state index in [1.54, 1.807) is 13.1 Å². The van der Waals surface area contributed by atoms with Crippen molar-refractivity contribution in [2.24, 2.45) is 5.11 Å². The van der Waals surface area contributed by atoms with Crippen LogP contribution in [0.3, 0.4) is 0 Å². The van der Waals surface area contributed by atoms with Crippen LogP contribution in [0.15, 0.2) is 17.5 Å². The molecule has 0 amide bonds. The van der Waals surface area contributed by atoms with Crippen LogP contribution in [0.2, 0.25) is 0 Å². The summed E-state index contributed by atoms with van der Waals surface area (Å²) in [5.74, 6) is 0.308. The number of nitrogens with zero attached hydrogens (tertiary/aromatic N) is 5. The van der Waals surface area contributed by atoms with Crippen molar-refractivity contribution < 1.29 is 0 Å². The van der Waals surface area contributed by atoms with Gasteiger partial charge in [0.2, 0.25) is 0 Å². The van der Waals surface area contributed by atoms with Gasteiger partial charge in [-0.05, 0) is 17.6 Å². The molecule has 1 rings (SSSR count). The van der Waals surface area contributed by atoms with E-state index in [1.807, 2.05) is 0 Å². The third-order valence-electron chi connectivity index (χ3n) is 0.889. The van der Waals surface area contributed by atoms with Crippen molar-refractivity contribution in [2.75, 3.05) is 0 Å². The van der Waals surface area contributed by atoms with Crippen LogP contribution >= 0.6 is 0 Å². The molecule has 0 aliphatic heterocycles. The van der Waals surface area contributed by atoms with Crippen molar-refractivity contribution in [3.05, 3.63) is 28.5 Å². The highest BCUT2D eigenvalue weighted by Crippen LogP contribution is 2.04. The van der Waals surface area contributed by atoms with Crippen molar-refractivity contribution in [2.45, 2.75) is 6.92 Å². The summed E-state index contributed by atoms with van der Waals surface area (Å²) in [6, 6.07) is 0. The highest BCUT2D eigenvalue weighted by Gasteiger charge is 1.88. The van der Waals surface area contributed by atoms with E-state index in [1.165, 1.54) is 6.20 Å². The summed E-state index contributed by atoms with van der Waals surface area (Å²) < 4.78 is 0. The lowest BCUT2D eigenvalue weighted by atomic mass is 10.5. The minimum absolute atomic E-state index is 0.308. The van der Waals surface area contributed by atoms with E-state index >= 15 is 0 Å². The Labute approximate surface area is 57.4 Å². The van der Waals surface area contributed by atoms with Crippen molar-refractivity contribution >= 4 is 5.82 Å². The number of rotatable bonds is 1. The van der Waals surface area contributed by atoms with Gasteiger partial charge in [-0.1, -0.05) is 0 Å². The Hall–Kier alpha value is -1.61. The molecule has 50 valence electrons. The molecule has 0 saturated carbocycles. The van der Waals surface area contributed by atoms with E-state index < -0.39 is 0 Å². The van der Waals surface area contributed by atoms with Crippen LogP contribution in [0, 0.1) is 6.92 Å². The maximum Gasteiger partial charge on any atom is 0.145 e. The lowest BCUT2D eigenvalue weighted by molar-refractivity contribution is 1.10. The molecule has 0 unspecified atom stereocenters. The Morgan fingerprint density at radius 1 is 1.60 bits per heavy atom. The molecule has 0 bridgehead atoms. The highest BCUT2D eigenvalue weighted by atomic mass is 15.2. The highest BCUT2D eigenvalue weighted by molar-refractivity contribution is 5.22. The fraction of sp³-hybridized carbons (Fsp3) is 0.200. The first kappa shape index (κ1) is 6.51. The summed E-state index contributed by atoms with van der Waals surface area (Å²) in [7, 11) is 0. The van der Waals surface area contributed by atoms with Crippen molar-refractivity contribution in [3.8, 4) is 0 Å². The molecular formula is C5H5N5. The molecule has 1 heterocycles. The molecule has 0 saturated heterocycles. The zero-order valence-electron chi connectivity index (χ0n) is 5.39. The quantitative estimate of drug-likeness (QED) is 0.334. The van der Waals surface area contributed by atoms with Gasteiger partial charge in [0.05, 0.1) is 11.9 Å². The molecule has 0 radical (unpaired) electrons. The Kier molecular flexibility index (Phi) is 1.82. The Bertz CT molecular complexity index is 275. The van der Waals surface area contributed by atoms with Gasteiger partial charge in [-0.3, -0.25) is 4.98 Å². The maximum atomic E-state index is 8.00. The first-order valence-corrected chi connectivity index (χ1v) is 2.66. The summed E-state index contributed by atoms with van der Waals surface area (Å²) in [5.41, 5.74) is 8.74. The molecule has 1 aromatic rings. The van der Waals surface area contributed by atoms with E-state index in [0.29, 0.717) is 5.82 Å². The molecule has 0 aliphatic rings. The number of azide groups is 1. The zero-order valence-corrected chi connectivity index (χ0v) is 5.39. The fourth-order valence-corrected chi connectivity index (χ4v) is 0.544. The summed E-state index contributed by atoms with van der Waals surface area (Å²) in [4.78, 5) is 10.2. The Morgan fingerprint density at radius 3 is 3.00 bits per heavy atom. The topological polar surface area (TPSA) is 74.5 Å². The molecule has 5 heteroatoms. The van der Waals surface area contributed by atoms with E-state index in [2.05, 4.69) is 20.0 Å². The molecule has 1 aromatic heterocycles. The molecular weight excluding hydrogens is 130 g/mol. The molecule has 0 aromatic carbocycles. The van der Waals surface area contributed by atoms with Gasteiger partial charge >= 0.3 is 0 Å². The normalized spacial score (nSPS) is 8.50. The third-order valence-corrected chi connectivity index (χ3v) is 0.889. The first-order chi connectivity index (χ1) is 4.83. The maximum absolute atomic E-state index is 8.00. The Balaban J connectivity index is 3.06. The second kappa shape index (κ2) is 2.80. The molecule has 5 nitrogen and oxygen atoms in total. The molecule has 0 aliphatic carbocycles. The number of aryl methyl sites for hydroxylation is 1. The second-order valence-corrected chi connectivity index (χ2v) is 1.71. The van der Waals surface area contributed by atoms with Gasteiger partial charge in [-0.25, -0.2) is 4.98 Å². The van der Waals surface area contributed by atoms with Crippen LogP contribution in [0.5, 0.6) is 0 Å². The van der Waals surface area contributed by atoms with Crippen LogP contribution in [-0.4, -0.2) is 9.97 Å². The molecule has 10 heavy (non-hydrogen) atoms. The minimum Gasteiger partial charge on any atom is -0.261 e. The van der Waals surface area contributed by atoms with Crippen molar-refractivity contribution in [3.63, 3.8) is 0 Å². The largest absolute Gasteiger partial charge is 0.261 e. The van der Waals surface area contributed by atoms with E-state index in [9.17, 15) is 0 Å². The predicted octanol–water partition coefficient (Wildman–Crippen LogP) is 1.73.